The number of ether oxygens (including phenoxy) is 2. The number of amides is 1. The van der Waals surface area contributed by atoms with E-state index in [0.717, 1.165) is 21.7 Å². The molecule has 0 saturated carbocycles. The van der Waals surface area contributed by atoms with E-state index in [4.69, 9.17) is 14.5 Å². The number of carbonyl (C=O) groups is 1. The number of hydrogen-bond acceptors (Lipinski definition) is 5. The molecule has 6 heteroatoms. The van der Waals surface area contributed by atoms with Gasteiger partial charge in [-0.2, -0.15) is 0 Å². The molecule has 0 saturated heterocycles. The number of nitrogens with zero attached hydrogens (tertiary/aromatic N) is 1. The third kappa shape index (κ3) is 4.65. The summed E-state index contributed by atoms with van der Waals surface area (Å²) in [6.07, 6.45) is 0. The van der Waals surface area contributed by atoms with Crippen molar-refractivity contribution in [1.29, 1.82) is 0 Å². The van der Waals surface area contributed by atoms with Crippen molar-refractivity contribution in [2.24, 2.45) is 0 Å². The molecule has 4 rings (SSSR count). The van der Waals surface area contributed by atoms with Crippen molar-refractivity contribution in [3.05, 3.63) is 83.4 Å². The third-order valence-electron chi connectivity index (χ3n) is 5.10. The zero-order valence-corrected chi connectivity index (χ0v) is 19.2. The Morgan fingerprint density at radius 3 is 1.88 bits per heavy atom. The summed E-state index contributed by atoms with van der Waals surface area (Å²) in [5.41, 5.74) is 5.72. The predicted octanol–water partition coefficient (Wildman–Crippen LogP) is 6.36. The fourth-order valence-corrected chi connectivity index (χ4v) is 4.28. The van der Waals surface area contributed by atoms with Crippen LogP contribution in [0.1, 0.15) is 21.5 Å². The average Bonchev–Trinajstić information content (AvgIpc) is 3.23. The minimum Gasteiger partial charge on any atom is -0.497 e. The van der Waals surface area contributed by atoms with Crippen LogP contribution in [-0.4, -0.2) is 25.1 Å². The van der Waals surface area contributed by atoms with Crippen LogP contribution in [0, 0.1) is 13.8 Å². The van der Waals surface area contributed by atoms with Crippen LogP contribution < -0.4 is 14.8 Å². The highest BCUT2D eigenvalue weighted by molar-refractivity contribution is 7.19. The highest BCUT2D eigenvalue weighted by Crippen LogP contribution is 2.39. The summed E-state index contributed by atoms with van der Waals surface area (Å²) in [5.74, 6) is 0.825. The molecule has 0 aliphatic heterocycles. The van der Waals surface area contributed by atoms with Gasteiger partial charge in [0.15, 0.2) is 5.13 Å². The summed E-state index contributed by atoms with van der Waals surface area (Å²) in [5, 5.41) is 3.47. The van der Waals surface area contributed by atoms with Gasteiger partial charge in [0.25, 0.3) is 5.91 Å². The molecule has 162 valence electrons. The molecule has 3 aromatic carbocycles. The molecule has 0 unspecified atom stereocenters. The minimum absolute atomic E-state index is 0.276. The summed E-state index contributed by atoms with van der Waals surface area (Å²) < 4.78 is 10.6. The molecule has 0 bridgehead atoms. The van der Waals surface area contributed by atoms with Gasteiger partial charge in [-0.1, -0.05) is 71.0 Å². The van der Waals surface area contributed by atoms with Gasteiger partial charge < -0.3 is 9.47 Å². The van der Waals surface area contributed by atoms with Gasteiger partial charge in [-0.15, -0.1) is 0 Å². The van der Waals surface area contributed by atoms with E-state index in [1.54, 1.807) is 32.4 Å². The number of benzene rings is 3. The zero-order chi connectivity index (χ0) is 22.7. The maximum absolute atomic E-state index is 13.0. The SMILES string of the molecule is COc1cc(OC)cc(C(=O)Nc2nc(-c3ccc(C)cc3)c(-c3ccc(C)cc3)s2)c1. The lowest BCUT2D eigenvalue weighted by Crippen LogP contribution is -2.12. The topological polar surface area (TPSA) is 60.5 Å². The van der Waals surface area contributed by atoms with Crippen LogP contribution in [0.5, 0.6) is 11.5 Å². The fourth-order valence-electron chi connectivity index (χ4n) is 3.29. The number of nitrogens with one attached hydrogen (secondary N) is 1. The lowest BCUT2D eigenvalue weighted by molar-refractivity contribution is 0.102. The quantitative estimate of drug-likeness (QED) is 0.376. The van der Waals surface area contributed by atoms with Crippen LogP contribution in [0.15, 0.2) is 66.7 Å². The van der Waals surface area contributed by atoms with Crippen LogP contribution in [0.3, 0.4) is 0 Å². The monoisotopic (exact) mass is 444 g/mol. The average molecular weight is 445 g/mol. The third-order valence-corrected chi connectivity index (χ3v) is 6.12. The van der Waals surface area contributed by atoms with E-state index in [0.29, 0.717) is 22.2 Å². The smallest absolute Gasteiger partial charge is 0.257 e. The minimum atomic E-state index is -0.276. The molecule has 5 nitrogen and oxygen atoms in total. The van der Waals surface area contributed by atoms with Crippen molar-refractivity contribution in [3.63, 3.8) is 0 Å². The standard InChI is InChI=1S/C26H24N2O3S/c1-16-5-9-18(10-6-16)23-24(19-11-7-17(2)8-12-19)32-26(27-23)28-25(29)20-13-21(30-3)15-22(14-20)31-4/h5-15H,1-4H3,(H,27,28,29). The molecule has 1 amide bonds. The first-order valence-electron chi connectivity index (χ1n) is 10.2. The second-order valence-electron chi connectivity index (χ2n) is 7.48. The Bertz CT molecular complexity index is 1160. The normalized spacial score (nSPS) is 10.6. The Labute approximate surface area is 191 Å². The van der Waals surface area contributed by atoms with Gasteiger partial charge in [0.05, 0.1) is 24.8 Å². The van der Waals surface area contributed by atoms with E-state index in [2.05, 4.69) is 67.7 Å². The predicted molar refractivity (Wildman–Crippen MR) is 130 cm³/mol. The first-order chi connectivity index (χ1) is 15.5. The van der Waals surface area contributed by atoms with E-state index < -0.39 is 0 Å². The van der Waals surface area contributed by atoms with Crippen molar-refractivity contribution in [1.82, 2.24) is 4.98 Å². The molecule has 0 aliphatic carbocycles. The summed E-state index contributed by atoms with van der Waals surface area (Å²) in [7, 11) is 3.11. The van der Waals surface area contributed by atoms with E-state index in [-0.39, 0.29) is 5.91 Å². The number of thiazole rings is 1. The highest BCUT2D eigenvalue weighted by atomic mass is 32.1. The van der Waals surface area contributed by atoms with E-state index in [1.165, 1.54) is 22.5 Å². The second kappa shape index (κ2) is 9.24. The lowest BCUT2D eigenvalue weighted by atomic mass is 10.0. The van der Waals surface area contributed by atoms with Gasteiger partial charge >= 0.3 is 0 Å². The Kier molecular flexibility index (Phi) is 6.23. The molecule has 1 aromatic heterocycles. The van der Waals surface area contributed by atoms with Gasteiger partial charge in [-0.3, -0.25) is 10.1 Å². The Hall–Kier alpha value is -3.64. The van der Waals surface area contributed by atoms with Gasteiger partial charge in [0, 0.05) is 17.2 Å². The highest BCUT2D eigenvalue weighted by Gasteiger charge is 2.18. The molecule has 1 heterocycles. The first kappa shape index (κ1) is 21.6. The van der Waals surface area contributed by atoms with Gasteiger partial charge in [0.2, 0.25) is 0 Å². The van der Waals surface area contributed by atoms with Gasteiger partial charge in [-0.25, -0.2) is 4.98 Å². The second-order valence-corrected chi connectivity index (χ2v) is 8.48. The number of aryl methyl sites for hydroxylation is 2. The van der Waals surface area contributed by atoms with Crippen molar-refractivity contribution in [2.45, 2.75) is 13.8 Å². The van der Waals surface area contributed by atoms with Gasteiger partial charge in [-0.05, 0) is 31.5 Å². The lowest BCUT2D eigenvalue weighted by Gasteiger charge is -2.08. The Morgan fingerprint density at radius 1 is 0.812 bits per heavy atom. The van der Waals surface area contributed by atoms with E-state index in [1.807, 2.05) is 0 Å². The van der Waals surface area contributed by atoms with Crippen molar-refractivity contribution >= 4 is 22.4 Å². The summed E-state index contributed by atoms with van der Waals surface area (Å²) in [4.78, 5) is 18.8. The van der Waals surface area contributed by atoms with Crippen LogP contribution >= 0.6 is 11.3 Å². The largest absolute Gasteiger partial charge is 0.497 e. The first-order valence-corrected chi connectivity index (χ1v) is 11.0. The number of aromatic nitrogens is 1. The molecule has 0 spiro atoms. The van der Waals surface area contributed by atoms with Crippen LogP contribution in [0.25, 0.3) is 21.7 Å². The van der Waals surface area contributed by atoms with Crippen molar-refractivity contribution < 1.29 is 14.3 Å². The van der Waals surface area contributed by atoms with E-state index >= 15 is 0 Å². The van der Waals surface area contributed by atoms with Gasteiger partial charge in [0.1, 0.15) is 11.5 Å². The van der Waals surface area contributed by atoms with E-state index in [9.17, 15) is 4.79 Å². The summed E-state index contributed by atoms with van der Waals surface area (Å²) in [6, 6.07) is 21.6. The fraction of sp³-hybridized carbons (Fsp3) is 0.154. The molecule has 1 N–H and O–H groups in total. The maximum atomic E-state index is 13.0. The molecule has 32 heavy (non-hydrogen) atoms. The number of carbonyl (C=O) groups excluding carboxylic acids is 1. The molecular weight excluding hydrogens is 420 g/mol. The van der Waals surface area contributed by atoms with Crippen LogP contribution in [-0.2, 0) is 0 Å². The number of hydrogen-bond donors (Lipinski definition) is 1. The molecule has 0 fully saturated rings. The number of methoxy groups -OCH3 is 2. The Balaban J connectivity index is 1.72. The van der Waals surface area contributed by atoms with Crippen LogP contribution in [0.2, 0.25) is 0 Å². The van der Waals surface area contributed by atoms with Crippen LogP contribution in [0.4, 0.5) is 5.13 Å². The number of rotatable bonds is 6. The van der Waals surface area contributed by atoms with Crippen molar-refractivity contribution in [3.8, 4) is 33.2 Å². The molecule has 0 radical (unpaired) electrons. The molecular formula is C26H24N2O3S. The van der Waals surface area contributed by atoms with Crippen molar-refractivity contribution in [2.75, 3.05) is 19.5 Å². The Morgan fingerprint density at radius 2 is 1.34 bits per heavy atom. The zero-order valence-electron chi connectivity index (χ0n) is 18.4. The number of anilines is 1. The summed E-state index contributed by atoms with van der Waals surface area (Å²) >= 11 is 1.45. The molecule has 0 aliphatic rings. The maximum Gasteiger partial charge on any atom is 0.257 e. The molecule has 4 aromatic rings. The molecule has 0 atom stereocenters. The summed E-state index contributed by atoms with van der Waals surface area (Å²) in [6.45, 7) is 4.12.